The third kappa shape index (κ3) is 4.61. The molecule has 0 bridgehead atoms. The molecule has 1 amide bonds. The van der Waals surface area contributed by atoms with Gasteiger partial charge in [0, 0.05) is 51.8 Å². The Morgan fingerprint density at radius 2 is 1.68 bits per heavy atom. The predicted octanol–water partition coefficient (Wildman–Crippen LogP) is 0.381. The fourth-order valence-corrected chi connectivity index (χ4v) is 3.74. The number of nitrogens with zero attached hydrogens (tertiary/aromatic N) is 5. The van der Waals surface area contributed by atoms with Crippen molar-refractivity contribution in [1.82, 2.24) is 20.2 Å². The SMILES string of the molecule is Cl.O=C(C1CC(F)(F)CN1)N1CCN(c2cc(N3CCOCC3)ncn2)CC1. The number of hydrogen-bond acceptors (Lipinski definition) is 7. The smallest absolute Gasteiger partial charge is 0.262 e. The second kappa shape index (κ2) is 8.71. The summed E-state index contributed by atoms with van der Waals surface area (Å²) in [6.45, 7) is 4.80. The Labute approximate surface area is 168 Å². The zero-order chi connectivity index (χ0) is 18.9. The zero-order valence-corrected chi connectivity index (χ0v) is 16.3. The highest BCUT2D eigenvalue weighted by Crippen LogP contribution is 2.26. The number of amides is 1. The molecular formula is C17H25ClF2N6O2. The van der Waals surface area contributed by atoms with Crippen molar-refractivity contribution in [2.75, 3.05) is 68.8 Å². The van der Waals surface area contributed by atoms with Crippen molar-refractivity contribution in [2.45, 2.75) is 18.4 Å². The molecule has 3 aliphatic rings. The van der Waals surface area contributed by atoms with E-state index in [1.807, 2.05) is 6.07 Å². The van der Waals surface area contributed by atoms with Gasteiger partial charge in [0.05, 0.1) is 25.8 Å². The average molecular weight is 419 g/mol. The highest BCUT2D eigenvalue weighted by molar-refractivity contribution is 5.85. The van der Waals surface area contributed by atoms with Crippen molar-refractivity contribution in [3.8, 4) is 0 Å². The van der Waals surface area contributed by atoms with E-state index in [2.05, 4.69) is 25.1 Å². The molecule has 3 fully saturated rings. The van der Waals surface area contributed by atoms with Crippen LogP contribution in [-0.4, -0.2) is 91.8 Å². The number of alkyl halides is 2. The van der Waals surface area contributed by atoms with Crippen LogP contribution in [0.2, 0.25) is 0 Å². The van der Waals surface area contributed by atoms with Crippen LogP contribution in [0, 0.1) is 0 Å². The number of carbonyl (C=O) groups is 1. The number of ether oxygens (including phenoxy) is 1. The third-order valence-electron chi connectivity index (χ3n) is 5.30. The van der Waals surface area contributed by atoms with Gasteiger partial charge < -0.3 is 19.4 Å². The lowest BCUT2D eigenvalue weighted by Gasteiger charge is -2.37. The van der Waals surface area contributed by atoms with Crippen molar-refractivity contribution < 1.29 is 18.3 Å². The maximum absolute atomic E-state index is 13.3. The summed E-state index contributed by atoms with van der Waals surface area (Å²) >= 11 is 0. The minimum absolute atomic E-state index is 0. The van der Waals surface area contributed by atoms with Crippen LogP contribution in [0.1, 0.15) is 6.42 Å². The van der Waals surface area contributed by atoms with E-state index in [0.717, 1.165) is 24.7 Å². The fraction of sp³-hybridized carbons (Fsp3) is 0.706. The summed E-state index contributed by atoms with van der Waals surface area (Å²) in [6.07, 6.45) is 1.14. The molecule has 3 saturated heterocycles. The van der Waals surface area contributed by atoms with Gasteiger partial charge in [0.15, 0.2) is 0 Å². The number of nitrogens with one attached hydrogen (secondary N) is 1. The van der Waals surface area contributed by atoms with E-state index < -0.39 is 24.9 Å². The number of halogens is 3. The lowest BCUT2D eigenvalue weighted by molar-refractivity contribution is -0.134. The maximum atomic E-state index is 13.3. The first-order valence-electron chi connectivity index (χ1n) is 9.31. The molecule has 0 radical (unpaired) electrons. The molecule has 28 heavy (non-hydrogen) atoms. The molecule has 4 rings (SSSR count). The molecule has 1 N–H and O–H groups in total. The van der Waals surface area contributed by atoms with Gasteiger partial charge in [0.25, 0.3) is 5.92 Å². The molecule has 1 atom stereocenters. The molecule has 1 aromatic rings. The monoisotopic (exact) mass is 418 g/mol. The van der Waals surface area contributed by atoms with Crippen molar-refractivity contribution in [3.63, 3.8) is 0 Å². The highest BCUT2D eigenvalue weighted by Gasteiger charge is 2.43. The van der Waals surface area contributed by atoms with Gasteiger partial charge in [-0.2, -0.15) is 0 Å². The van der Waals surface area contributed by atoms with Gasteiger partial charge in [0.2, 0.25) is 5.91 Å². The van der Waals surface area contributed by atoms with Gasteiger partial charge in [-0.05, 0) is 0 Å². The molecule has 1 unspecified atom stereocenters. The second-order valence-corrected chi connectivity index (χ2v) is 7.14. The number of morpholine rings is 1. The molecule has 4 heterocycles. The van der Waals surface area contributed by atoms with Crippen LogP contribution in [-0.2, 0) is 9.53 Å². The van der Waals surface area contributed by atoms with E-state index in [9.17, 15) is 13.6 Å². The fourth-order valence-electron chi connectivity index (χ4n) is 3.74. The Hall–Kier alpha value is -1.78. The quantitative estimate of drug-likeness (QED) is 0.760. The van der Waals surface area contributed by atoms with E-state index in [-0.39, 0.29) is 18.3 Å². The highest BCUT2D eigenvalue weighted by atomic mass is 35.5. The molecule has 156 valence electrons. The summed E-state index contributed by atoms with van der Waals surface area (Å²) in [4.78, 5) is 27.1. The van der Waals surface area contributed by atoms with E-state index in [1.165, 1.54) is 0 Å². The topological polar surface area (TPSA) is 73.8 Å². The largest absolute Gasteiger partial charge is 0.378 e. The van der Waals surface area contributed by atoms with Crippen molar-refractivity contribution in [1.29, 1.82) is 0 Å². The minimum Gasteiger partial charge on any atom is -0.378 e. The van der Waals surface area contributed by atoms with Crippen LogP contribution in [0.4, 0.5) is 20.4 Å². The zero-order valence-electron chi connectivity index (χ0n) is 15.5. The Kier molecular flexibility index (Phi) is 6.51. The molecule has 1 aromatic heterocycles. The standard InChI is InChI=1S/C17H24F2N6O2.ClH/c18-17(19)10-13(20-11-17)16(26)25-3-1-23(2-4-25)14-9-15(22-12-21-14)24-5-7-27-8-6-24;/h9,12-13,20H,1-8,10-11H2;1H. The van der Waals surface area contributed by atoms with E-state index in [4.69, 9.17) is 4.74 Å². The summed E-state index contributed by atoms with van der Waals surface area (Å²) in [7, 11) is 0. The minimum atomic E-state index is -2.79. The van der Waals surface area contributed by atoms with Gasteiger partial charge >= 0.3 is 0 Å². The Morgan fingerprint density at radius 1 is 1.07 bits per heavy atom. The molecule has 0 spiro atoms. The van der Waals surface area contributed by atoms with Crippen LogP contribution in [0.3, 0.4) is 0 Å². The number of rotatable bonds is 3. The lowest BCUT2D eigenvalue weighted by atomic mass is 10.1. The number of carbonyl (C=O) groups excluding carboxylic acids is 1. The first kappa shape index (κ1) is 20.9. The number of piperazine rings is 1. The van der Waals surface area contributed by atoms with Gasteiger partial charge in [-0.3, -0.25) is 10.1 Å². The van der Waals surface area contributed by atoms with Crippen molar-refractivity contribution >= 4 is 29.9 Å². The summed E-state index contributed by atoms with van der Waals surface area (Å²) in [5.74, 6) is -1.33. The van der Waals surface area contributed by atoms with Gasteiger partial charge in [-0.1, -0.05) is 0 Å². The summed E-state index contributed by atoms with van der Waals surface area (Å²) in [6, 6.07) is 1.18. The number of aromatic nitrogens is 2. The van der Waals surface area contributed by atoms with Crippen LogP contribution in [0.25, 0.3) is 0 Å². The molecule has 0 aliphatic carbocycles. The van der Waals surface area contributed by atoms with E-state index in [1.54, 1.807) is 11.2 Å². The van der Waals surface area contributed by atoms with Crippen LogP contribution in [0.5, 0.6) is 0 Å². The van der Waals surface area contributed by atoms with Crippen LogP contribution < -0.4 is 15.1 Å². The third-order valence-corrected chi connectivity index (χ3v) is 5.30. The molecule has 0 aromatic carbocycles. The summed E-state index contributed by atoms with van der Waals surface area (Å²) < 4.78 is 32.0. The first-order chi connectivity index (χ1) is 13.0. The number of hydrogen-bond donors (Lipinski definition) is 1. The second-order valence-electron chi connectivity index (χ2n) is 7.14. The summed E-state index contributed by atoms with van der Waals surface area (Å²) in [5, 5.41) is 2.64. The van der Waals surface area contributed by atoms with Gasteiger partial charge in [0.1, 0.15) is 18.0 Å². The first-order valence-corrected chi connectivity index (χ1v) is 9.31. The lowest BCUT2D eigenvalue weighted by Crippen LogP contribution is -2.53. The molecule has 0 saturated carbocycles. The average Bonchev–Trinajstić information content (AvgIpc) is 3.08. The van der Waals surface area contributed by atoms with Crippen LogP contribution in [0.15, 0.2) is 12.4 Å². The maximum Gasteiger partial charge on any atom is 0.262 e. The normalized spacial score (nSPS) is 24.8. The van der Waals surface area contributed by atoms with E-state index >= 15 is 0 Å². The van der Waals surface area contributed by atoms with Gasteiger partial charge in [-0.25, -0.2) is 18.7 Å². The van der Waals surface area contributed by atoms with Gasteiger partial charge in [-0.15, -0.1) is 12.4 Å². The van der Waals surface area contributed by atoms with Crippen molar-refractivity contribution in [2.24, 2.45) is 0 Å². The molecule has 3 aliphatic heterocycles. The van der Waals surface area contributed by atoms with E-state index in [0.29, 0.717) is 39.4 Å². The molecular weight excluding hydrogens is 394 g/mol. The predicted molar refractivity (Wildman–Crippen MR) is 102 cm³/mol. The Balaban J connectivity index is 0.00000225. The Bertz CT molecular complexity index is 683. The summed E-state index contributed by atoms with van der Waals surface area (Å²) in [5.41, 5.74) is 0. The molecule has 8 nitrogen and oxygen atoms in total. The Morgan fingerprint density at radius 3 is 2.25 bits per heavy atom. The molecule has 11 heteroatoms. The number of anilines is 2. The van der Waals surface area contributed by atoms with Crippen LogP contribution >= 0.6 is 12.4 Å². The van der Waals surface area contributed by atoms with Crippen molar-refractivity contribution in [3.05, 3.63) is 12.4 Å².